The number of hydrogen-bond donors (Lipinski definition) is 1. The Bertz CT molecular complexity index is 534. The number of carbonyl (C=O) groups excluding carboxylic acids is 1. The van der Waals surface area contributed by atoms with Crippen LogP contribution in [-0.4, -0.2) is 28.5 Å². The van der Waals surface area contributed by atoms with Gasteiger partial charge in [-0.15, -0.1) is 0 Å². The topological polar surface area (TPSA) is 68.3 Å². The lowest BCUT2D eigenvalue weighted by Crippen LogP contribution is -2.45. The third-order valence-corrected chi connectivity index (χ3v) is 3.57. The van der Waals surface area contributed by atoms with Gasteiger partial charge in [0.2, 0.25) is 5.91 Å². The van der Waals surface area contributed by atoms with Crippen molar-refractivity contribution in [3.05, 3.63) is 28.7 Å². The zero-order valence-electron chi connectivity index (χ0n) is 11.6. The molecule has 0 atom stereocenters. The van der Waals surface area contributed by atoms with Gasteiger partial charge >= 0.3 is 0 Å². The number of rotatable bonds is 2. The number of amides is 1. The number of nitrogen functional groups attached to an aromatic ring is 1. The number of nitrogens with zero attached hydrogens (tertiary/aromatic N) is 2. The molecule has 2 heterocycles. The third-order valence-electron chi connectivity index (χ3n) is 3.57. The van der Waals surface area contributed by atoms with E-state index >= 15 is 0 Å². The van der Waals surface area contributed by atoms with Crippen molar-refractivity contribution in [3.63, 3.8) is 0 Å². The Morgan fingerprint density at radius 2 is 2.16 bits per heavy atom. The molecule has 0 aliphatic carbocycles. The summed E-state index contributed by atoms with van der Waals surface area (Å²) in [5, 5.41) is 0. The van der Waals surface area contributed by atoms with Crippen LogP contribution >= 0.6 is 0 Å². The van der Waals surface area contributed by atoms with Crippen LogP contribution in [0.3, 0.4) is 0 Å². The summed E-state index contributed by atoms with van der Waals surface area (Å²) in [4.78, 5) is 25.7. The molecule has 5 nitrogen and oxygen atoms in total. The smallest absolute Gasteiger partial charge is 0.251 e. The molecule has 0 saturated carbocycles. The quantitative estimate of drug-likeness (QED) is 0.868. The highest BCUT2D eigenvalue weighted by Gasteiger charge is 2.29. The van der Waals surface area contributed by atoms with Gasteiger partial charge in [0.1, 0.15) is 6.54 Å². The molecule has 0 bridgehead atoms. The molecular weight excluding hydrogens is 242 g/mol. The number of nitrogens with two attached hydrogens (primary N) is 1. The van der Waals surface area contributed by atoms with Crippen molar-refractivity contribution in [3.8, 4) is 0 Å². The molecule has 104 valence electrons. The minimum Gasteiger partial charge on any atom is -0.398 e. The van der Waals surface area contributed by atoms with Gasteiger partial charge in [0.05, 0.1) is 0 Å². The van der Waals surface area contributed by atoms with Crippen molar-refractivity contribution in [1.82, 2.24) is 9.47 Å². The second-order valence-electron chi connectivity index (χ2n) is 6.01. The van der Waals surface area contributed by atoms with Gasteiger partial charge < -0.3 is 15.2 Å². The minimum absolute atomic E-state index is 0.0134. The van der Waals surface area contributed by atoms with E-state index in [2.05, 4.69) is 13.8 Å². The van der Waals surface area contributed by atoms with Gasteiger partial charge in [0.25, 0.3) is 5.56 Å². The zero-order chi connectivity index (χ0) is 14.0. The van der Waals surface area contributed by atoms with Crippen LogP contribution in [0.15, 0.2) is 23.1 Å². The van der Waals surface area contributed by atoms with Gasteiger partial charge in [-0.05, 0) is 24.3 Å². The number of pyridine rings is 1. The fourth-order valence-corrected chi connectivity index (χ4v) is 2.56. The van der Waals surface area contributed by atoms with E-state index in [-0.39, 0.29) is 23.4 Å². The molecule has 1 aliphatic heterocycles. The molecule has 2 N–H and O–H groups in total. The average molecular weight is 263 g/mol. The molecule has 1 saturated heterocycles. The van der Waals surface area contributed by atoms with E-state index in [1.165, 1.54) is 16.8 Å². The van der Waals surface area contributed by atoms with Gasteiger partial charge in [-0.25, -0.2) is 0 Å². The van der Waals surface area contributed by atoms with Gasteiger partial charge in [-0.2, -0.15) is 0 Å². The van der Waals surface area contributed by atoms with Crippen LogP contribution in [0.4, 0.5) is 5.69 Å². The second kappa shape index (κ2) is 5.07. The molecule has 0 radical (unpaired) electrons. The van der Waals surface area contributed by atoms with E-state index in [1.807, 2.05) is 4.90 Å². The maximum absolute atomic E-state index is 12.2. The van der Waals surface area contributed by atoms with Crippen LogP contribution in [-0.2, 0) is 11.3 Å². The molecule has 5 heteroatoms. The fourth-order valence-electron chi connectivity index (χ4n) is 2.56. The Morgan fingerprint density at radius 1 is 1.42 bits per heavy atom. The maximum Gasteiger partial charge on any atom is 0.251 e. The van der Waals surface area contributed by atoms with Gasteiger partial charge in [0.15, 0.2) is 0 Å². The number of likely N-dealkylation sites (tertiary alicyclic amines) is 1. The highest BCUT2D eigenvalue weighted by Crippen LogP contribution is 2.28. The highest BCUT2D eigenvalue weighted by atomic mass is 16.2. The standard InChI is InChI=1S/C14H21N3O2/c1-14(2)6-3-7-16(10-14)13(19)9-17-8-11(15)4-5-12(17)18/h4-5,8H,3,6-7,9-10,15H2,1-2H3. The van der Waals surface area contributed by atoms with Crippen LogP contribution in [0.5, 0.6) is 0 Å². The Balaban J connectivity index is 2.09. The Labute approximate surface area is 113 Å². The molecule has 2 rings (SSSR count). The predicted molar refractivity (Wildman–Crippen MR) is 74.7 cm³/mol. The van der Waals surface area contributed by atoms with Gasteiger partial charge in [0, 0.05) is 31.0 Å². The van der Waals surface area contributed by atoms with Crippen molar-refractivity contribution in [1.29, 1.82) is 0 Å². The summed E-state index contributed by atoms with van der Waals surface area (Å²) in [7, 11) is 0. The van der Waals surface area contributed by atoms with Crippen LogP contribution < -0.4 is 11.3 Å². The Morgan fingerprint density at radius 3 is 2.84 bits per heavy atom. The van der Waals surface area contributed by atoms with Crippen LogP contribution in [0.2, 0.25) is 0 Å². The summed E-state index contributed by atoms with van der Waals surface area (Å²) in [5.74, 6) is -0.0134. The molecule has 0 aromatic carbocycles. The Hall–Kier alpha value is -1.78. The van der Waals surface area contributed by atoms with Crippen LogP contribution in [0.1, 0.15) is 26.7 Å². The van der Waals surface area contributed by atoms with E-state index in [0.29, 0.717) is 5.69 Å². The van der Waals surface area contributed by atoms with Crippen molar-refractivity contribution in [2.45, 2.75) is 33.2 Å². The Kier molecular flexibility index (Phi) is 3.64. The lowest BCUT2D eigenvalue weighted by molar-refractivity contribution is -0.134. The zero-order valence-corrected chi connectivity index (χ0v) is 11.6. The monoisotopic (exact) mass is 263 g/mol. The lowest BCUT2D eigenvalue weighted by Gasteiger charge is -2.38. The number of carbonyl (C=O) groups is 1. The van der Waals surface area contributed by atoms with E-state index in [0.717, 1.165) is 25.9 Å². The number of piperidine rings is 1. The van der Waals surface area contributed by atoms with Crippen molar-refractivity contribution in [2.75, 3.05) is 18.8 Å². The molecule has 1 fully saturated rings. The van der Waals surface area contributed by atoms with Crippen molar-refractivity contribution < 1.29 is 4.79 Å². The normalized spacial score (nSPS) is 18.3. The largest absolute Gasteiger partial charge is 0.398 e. The third kappa shape index (κ3) is 3.36. The molecule has 0 spiro atoms. The number of aromatic nitrogens is 1. The first kappa shape index (κ1) is 13.6. The SMILES string of the molecule is CC1(C)CCCN(C(=O)Cn2cc(N)ccc2=O)C1. The number of anilines is 1. The summed E-state index contributed by atoms with van der Waals surface area (Å²) in [5.41, 5.74) is 6.10. The van der Waals surface area contributed by atoms with Crippen LogP contribution in [0.25, 0.3) is 0 Å². The summed E-state index contributed by atoms with van der Waals surface area (Å²) >= 11 is 0. The number of hydrogen-bond acceptors (Lipinski definition) is 3. The molecular formula is C14H21N3O2. The minimum atomic E-state index is -0.196. The molecule has 1 aromatic heterocycles. The maximum atomic E-state index is 12.2. The molecule has 1 aromatic rings. The first-order valence-electron chi connectivity index (χ1n) is 6.61. The van der Waals surface area contributed by atoms with Crippen molar-refractivity contribution in [2.24, 2.45) is 5.41 Å². The summed E-state index contributed by atoms with van der Waals surface area (Å²) in [6.07, 6.45) is 3.68. The van der Waals surface area contributed by atoms with E-state index in [4.69, 9.17) is 5.73 Å². The molecule has 1 amide bonds. The summed E-state index contributed by atoms with van der Waals surface area (Å²) < 4.78 is 1.37. The van der Waals surface area contributed by atoms with E-state index in [1.54, 1.807) is 6.07 Å². The molecule has 0 unspecified atom stereocenters. The van der Waals surface area contributed by atoms with Gasteiger partial charge in [-0.3, -0.25) is 9.59 Å². The van der Waals surface area contributed by atoms with Gasteiger partial charge in [-0.1, -0.05) is 13.8 Å². The lowest BCUT2D eigenvalue weighted by atomic mass is 9.84. The summed E-state index contributed by atoms with van der Waals surface area (Å²) in [6, 6.07) is 2.94. The van der Waals surface area contributed by atoms with E-state index < -0.39 is 0 Å². The fraction of sp³-hybridized carbons (Fsp3) is 0.571. The average Bonchev–Trinajstić information content (AvgIpc) is 2.32. The van der Waals surface area contributed by atoms with E-state index in [9.17, 15) is 9.59 Å². The predicted octanol–water partition coefficient (Wildman–Crippen LogP) is 1.08. The first-order valence-corrected chi connectivity index (χ1v) is 6.61. The van der Waals surface area contributed by atoms with Crippen molar-refractivity contribution >= 4 is 11.6 Å². The molecule has 19 heavy (non-hydrogen) atoms. The summed E-state index contributed by atoms with van der Waals surface area (Å²) in [6.45, 7) is 5.93. The first-order chi connectivity index (χ1) is 8.87. The highest BCUT2D eigenvalue weighted by molar-refractivity contribution is 5.76. The second-order valence-corrected chi connectivity index (χ2v) is 6.01. The van der Waals surface area contributed by atoms with Crippen LogP contribution in [0, 0.1) is 5.41 Å². The molecule has 1 aliphatic rings.